The fourth-order valence-corrected chi connectivity index (χ4v) is 3.43. The highest BCUT2D eigenvalue weighted by Crippen LogP contribution is 2.19. The van der Waals surface area contributed by atoms with Crippen molar-refractivity contribution in [2.45, 2.75) is 30.6 Å². The Morgan fingerprint density at radius 3 is 2.48 bits per heavy atom. The number of methoxy groups -OCH3 is 1. The third-order valence-electron chi connectivity index (χ3n) is 2.94. The zero-order chi connectivity index (χ0) is 17.1. The van der Waals surface area contributed by atoms with Crippen LogP contribution >= 0.6 is 24.4 Å². The van der Waals surface area contributed by atoms with Crippen LogP contribution in [0.3, 0.4) is 0 Å². The molecule has 1 N–H and O–H groups in total. The SMILES string of the molecule is C=C(NOS(=O)(=O)c1ccc(OC)cc1)SCCCCCCS. The van der Waals surface area contributed by atoms with E-state index in [2.05, 4.69) is 24.7 Å². The molecule has 0 aliphatic heterocycles. The Labute approximate surface area is 148 Å². The van der Waals surface area contributed by atoms with E-state index in [-0.39, 0.29) is 4.90 Å². The summed E-state index contributed by atoms with van der Waals surface area (Å²) >= 11 is 5.61. The Hall–Kier alpha value is -0.830. The first kappa shape index (κ1) is 20.2. The van der Waals surface area contributed by atoms with Crippen molar-refractivity contribution in [3.05, 3.63) is 35.9 Å². The monoisotopic (exact) mass is 377 g/mol. The predicted molar refractivity (Wildman–Crippen MR) is 98.3 cm³/mol. The summed E-state index contributed by atoms with van der Waals surface area (Å²) in [5.41, 5.74) is 2.39. The first-order valence-electron chi connectivity index (χ1n) is 7.25. The quantitative estimate of drug-likeness (QED) is 0.330. The molecule has 130 valence electrons. The molecule has 0 unspecified atom stereocenters. The van der Waals surface area contributed by atoms with Crippen LogP contribution in [0.4, 0.5) is 0 Å². The van der Waals surface area contributed by atoms with Crippen molar-refractivity contribution < 1.29 is 17.4 Å². The van der Waals surface area contributed by atoms with Crippen molar-refractivity contribution in [3.8, 4) is 5.75 Å². The van der Waals surface area contributed by atoms with Gasteiger partial charge in [-0.1, -0.05) is 19.4 Å². The topological polar surface area (TPSA) is 64.6 Å². The number of hydrogen-bond acceptors (Lipinski definition) is 7. The van der Waals surface area contributed by atoms with Gasteiger partial charge in [-0.05, 0) is 48.6 Å². The number of hydrogen-bond donors (Lipinski definition) is 2. The average molecular weight is 378 g/mol. The van der Waals surface area contributed by atoms with E-state index >= 15 is 0 Å². The van der Waals surface area contributed by atoms with Crippen LogP contribution in [0, 0.1) is 0 Å². The second-order valence-corrected chi connectivity index (χ2v) is 7.91. The summed E-state index contributed by atoms with van der Waals surface area (Å²) in [5.74, 6) is 2.36. The second-order valence-electron chi connectivity index (χ2n) is 4.72. The molecular formula is C15H23NO4S3. The molecule has 1 aromatic carbocycles. The van der Waals surface area contributed by atoms with E-state index in [9.17, 15) is 8.42 Å². The highest BCUT2D eigenvalue weighted by atomic mass is 32.2. The number of thiol groups is 1. The average Bonchev–Trinajstić information content (AvgIpc) is 2.56. The number of thioether (sulfide) groups is 1. The maximum absolute atomic E-state index is 12.0. The molecule has 0 spiro atoms. The first-order valence-corrected chi connectivity index (χ1v) is 10.3. The molecule has 8 heteroatoms. The minimum atomic E-state index is -3.87. The van der Waals surface area contributed by atoms with Crippen LogP contribution in [-0.4, -0.2) is 27.0 Å². The molecular weight excluding hydrogens is 354 g/mol. The van der Waals surface area contributed by atoms with Crippen molar-refractivity contribution in [2.75, 3.05) is 18.6 Å². The summed E-state index contributed by atoms with van der Waals surface area (Å²) in [6.45, 7) is 3.74. The first-order chi connectivity index (χ1) is 11.0. The summed E-state index contributed by atoms with van der Waals surface area (Å²) in [4.78, 5) is 0.0513. The van der Waals surface area contributed by atoms with Gasteiger partial charge in [0.1, 0.15) is 5.75 Å². The highest BCUT2D eigenvalue weighted by molar-refractivity contribution is 8.03. The lowest BCUT2D eigenvalue weighted by molar-refractivity contribution is 0.246. The number of unbranched alkanes of at least 4 members (excludes halogenated alkanes) is 3. The Bertz CT molecular complexity index is 573. The molecule has 0 aliphatic rings. The van der Waals surface area contributed by atoms with E-state index in [0.29, 0.717) is 10.8 Å². The van der Waals surface area contributed by atoms with Gasteiger partial charge < -0.3 is 4.74 Å². The van der Waals surface area contributed by atoms with Crippen LogP contribution in [0.5, 0.6) is 5.75 Å². The standard InChI is InChI=1S/C15H23NO4S3/c1-13(22-12-6-4-3-5-11-21)16-20-23(17,18)15-9-7-14(19-2)8-10-15/h7-10,16,21H,1,3-6,11-12H2,2H3. The van der Waals surface area contributed by atoms with E-state index in [1.165, 1.54) is 31.0 Å². The lowest BCUT2D eigenvalue weighted by atomic mass is 10.2. The molecule has 0 atom stereocenters. The van der Waals surface area contributed by atoms with Crippen molar-refractivity contribution in [1.82, 2.24) is 5.48 Å². The highest BCUT2D eigenvalue weighted by Gasteiger charge is 2.16. The molecule has 0 aliphatic carbocycles. The summed E-state index contributed by atoms with van der Waals surface area (Å²) in [7, 11) is -2.36. The normalized spacial score (nSPS) is 11.2. The van der Waals surface area contributed by atoms with Gasteiger partial charge >= 0.3 is 10.1 Å². The van der Waals surface area contributed by atoms with Crippen LogP contribution in [0.2, 0.25) is 0 Å². The molecule has 0 fully saturated rings. The van der Waals surface area contributed by atoms with Gasteiger partial charge in [-0.25, -0.2) is 5.48 Å². The number of ether oxygens (including phenoxy) is 1. The van der Waals surface area contributed by atoms with Crippen LogP contribution in [-0.2, 0) is 14.4 Å². The van der Waals surface area contributed by atoms with Gasteiger partial charge in [0, 0.05) is 0 Å². The van der Waals surface area contributed by atoms with Crippen LogP contribution in [0.1, 0.15) is 25.7 Å². The fourth-order valence-electron chi connectivity index (χ4n) is 1.68. The number of hydroxylamine groups is 1. The molecule has 1 aromatic rings. The summed E-state index contributed by atoms with van der Waals surface area (Å²) in [6.07, 6.45) is 4.46. The van der Waals surface area contributed by atoms with Gasteiger partial charge in [-0.15, -0.1) is 16.0 Å². The largest absolute Gasteiger partial charge is 0.497 e. The lowest BCUT2D eigenvalue weighted by Crippen LogP contribution is -2.18. The van der Waals surface area contributed by atoms with Crippen molar-refractivity contribution in [1.29, 1.82) is 0 Å². The molecule has 0 amide bonds. The van der Waals surface area contributed by atoms with Gasteiger partial charge in [0.15, 0.2) is 0 Å². The molecule has 23 heavy (non-hydrogen) atoms. The van der Waals surface area contributed by atoms with E-state index < -0.39 is 10.1 Å². The number of benzene rings is 1. The molecule has 1 rings (SSSR count). The molecule has 0 aromatic heterocycles. The van der Waals surface area contributed by atoms with Crippen LogP contribution < -0.4 is 10.2 Å². The van der Waals surface area contributed by atoms with Crippen molar-refractivity contribution in [3.63, 3.8) is 0 Å². The van der Waals surface area contributed by atoms with Gasteiger partial charge in [0.05, 0.1) is 17.0 Å². The van der Waals surface area contributed by atoms with Crippen LogP contribution in [0.25, 0.3) is 0 Å². The summed E-state index contributed by atoms with van der Waals surface area (Å²) < 4.78 is 33.8. The molecule has 5 nitrogen and oxygen atoms in total. The van der Waals surface area contributed by atoms with Crippen LogP contribution in [0.15, 0.2) is 40.8 Å². The fraction of sp³-hybridized carbons (Fsp3) is 0.467. The van der Waals surface area contributed by atoms with E-state index in [4.69, 9.17) is 9.02 Å². The second kappa shape index (κ2) is 10.9. The molecule has 0 heterocycles. The molecule has 0 saturated heterocycles. The minimum Gasteiger partial charge on any atom is -0.497 e. The predicted octanol–water partition coefficient (Wildman–Crippen LogP) is 3.60. The zero-order valence-electron chi connectivity index (χ0n) is 13.2. The van der Waals surface area contributed by atoms with Gasteiger partial charge in [0.25, 0.3) is 0 Å². The Morgan fingerprint density at radius 1 is 1.22 bits per heavy atom. The summed E-state index contributed by atoms with van der Waals surface area (Å²) in [6, 6.07) is 5.97. The van der Waals surface area contributed by atoms with E-state index in [0.717, 1.165) is 37.2 Å². The molecule has 0 bridgehead atoms. The lowest BCUT2D eigenvalue weighted by Gasteiger charge is -2.09. The Balaban J connectivity index is 2.33. The van der Waals surface area contributed by atoms with Gasteiger partial charge in [0.2, 0.25) is 0 Å². The Kier molecular flexibility index (Phi) is 9.54. The van der Waals surface area contributed by atoms with E-state index in [1.54, 1.807) is 12.1 Å². The minimum absolute atomic E-state index is 0.0513. The van der Waals surface area contributed by atoms with E-state index in [1.807, 2.05) is 0 Å². The zero-order valence-corrected chi connectivity index (χ0v) is 15.7. The van der Waals surface area contributed by atoms with Gasteiger partial charge in [-0.3, -0.25) is 0 Å². The maximum Gasteiger partial charge on any atom is 0.317 e. The maximum atomic E-state index is 12.0. The third-order valence-corrected chi connectivity index (χ3v) is 5.34. The third kappa shape index (κ3) is 8.01. The number of rotatable bonds is 12. The van der Waals surface area contributed by atoms with Crippen molar-refractivity contribution in [2.24, 2.45) is 0 Å². The Morgan fingerprint density at radius 2 is 1.87 bits per heavy atom. The van der Waals surface area contributed by atoms with Gasteiger partial charge in [-0.2, -0.15) is 21.0 Å². The number of nitrogens with one attached hydrogen (secondary N) is 1. The molecule has 0 saturated carbocycles. The smallest absolute Gasteiger partial charge is 0.317 e. The van der Waals surface area contributed by atoms with Crippen molar-refractivity contribution >= 4 is 34.5 Å². The summed E-state index contributed by atoms with van der Waals surface area (Å²) in [5, 5.41) is 0.469. The molecule has 0 radical (unpaired) electrons.